The molecule has 1 aliphatic rings. The van der Waals surface area contributed by atoms with E-state index in [4.69, 9.17) is 4.74 Å². The van der Waals surface area contributed by atoms with Gasteiger partial charge in [-0.1, -0.05) is 0 Å². The topological polar surface area (TPSA) is 30.7 Å². The van der Waals surface area contributed by atoms with E-state index in [1.54, 1.807) is 7.11 Å². The average Bonchev–Trinajstić information content (AvgIpc) is 2.67. The molecule has 18 heavy (non-hydrogen) atoms. The lowest BCUT2D eigenvalue weighted by molar-refractivity contribution is -0.890. The summed E-state index contributed by atoms with van der Waals surface area (Å²) < 4.78 is 5.10. The Morgan fingerprint density at radius 1 is 1.11 bits per heavy atom. The number of quaternary nitrogens is 1. The molecule has 2 rings (SSSR count). The number of hydrogen-bond donors (Lipinski definition) is 1. The number of Topliss-reactive ketones (excluding diaryl/α,β-unsaturated/α-hetero) is 1. The van der Waals surface area contributed by atoms with E-state index in [0.717, 1.165) is 24.4 Å². The molecule has 0 aromatic heterocycles. The summed E-state index contributed by atoms with van der Waals surface area (Å²) in [6.45, 7) is 2.91. The molecule has 3 heteroatoms. The maximum atomic E-state index is 12.2. The maximum Gasteiger partial charge on any atom is 0.216 e. The van der Waals surface area contributed by atoms with Gasteiger partial charge in [-0.3, -0.25) is 4.79 Å². The van der Waals surface area contributed by atoms with E-state index < -0.39 is 0 Å². The lowest BCUT2D eigenvalue weighted by Crippen LogP contribution is -3.12. The van der Waals surface area contributed by atoms with Crippen LogP contribution in [0.25, 0.3) is 0 Å². The highest BCUT2D eigenvalue weighted by molar-refractivity contribution is 5.96. The number of benzene rings is 1. The minimum absolute atomic E-state index is 0.245. The number of nitrogens with one attached hydrogen (secondary N) is 1. The SMILES string of the molecule is COc1ccc(C(=O)C[NH+]2CCCCCC2)cc1. The van der Waals surface area contributed by atoms with Gasteiger partial charge < -0.3 is 9.64 Å². The highest BCUT2D eigenvalue weighted by Gasteiger charge is 2.17. The molecule has 0 unspecified atom stereocenters. The van der Waals surface area contributed by atoms with Crippen molar-refractivity contribution < 1.29 is 14.4 Å². The van der Waals surface area contributed by atoms with Crippen LogP contribution in [0.5, 0.6) is 5.75 Å². The molecule has 1 heterocycles. The summed E-state index contributed by atoms with van der Waals surface area (Å²) in [5, 5.41) is 0. The fourth-order valence-corrected chi connectivity index (χ4v) is 2.51. The van der Waals surface area contributed by atoms with Crippen LogP contribution in [0.4, 0.5) is 0 Å². The van der Waals surface area contributed by atoms with Gasteiger partial charge in [0.05, 0.1) is 20.2 Å². The molecule has 0 saturated carbocycles. The van der Waals surface area contributed by atoms with Crippen LogP contribution < -0.4 is 9.64 Å². The highest BCUT2D eigenvalue weighted by Crippen LogP contribution is 2.11. The first-order chi connectivity index (χ1) is 8.79. The van der Waals surface area contributed by atoms with Gasteiger partial charge in [-0.2, -0.15) is 0 Å². The van der Waals surface area contributed by atoms with Crippen LogP contribution in [0.1, 0.15) is 36.0 Å². The second-order valence-corrected chi connectivity index (χ2v) is 4.99. The van der Waals surface area contributed by atoms with Crippen LogP contribution in [0, 0.1) is 0 Å². The van der Waals surface area contributed by atoms with Crippen LogP contribution in [0.15, 0.2) is 24.3 Å². The molecule has 0 atom stereocenters. The molecule has 3 nitrogen and oxygen atoms in total. The Balaban J connectivity index is 1.93. The summed E-state index contributed by atoms with van der Waals surface area (Å²) >= 11 is 0. The van der Waals surface area contributed by atoms with E-state index in [1.807, 2.05) is 24.3 Å². The van der Waals surface area contributed by atoms with Crippen molar-refractivity contribution in [2.24, 2.45) is 0 Å². The molecule has 0 radical (unpaired) electrons. The number of ketones is 1. The van der Waals surface area contributed by atoms with Crippen molar-refractivity contribution in [1.82, 2.24) is 0 Å². The first-order valence-electron chi connectivity index (χ1n) is 6.80. The lowest BCUT2D eigenvalue weighted by Gasteiger charge is -2.15. The third-order valence-corrected chi connectivity index (χ3v) is 3.63. The van der Waals surface area contributed by atoms with Crippen molar-refractivity contribution in [3.8, 4) is 5.75 Å². The summed E-state index contributed by atoms with van der Waals surface area (Å²) in [5.74, 6) is 1.04. The summed E-state index contributed by atoms with van der Waals surface area (Å²) in [5.41, 5.74) is 0.799. The third-order valence-electron chi connectivity index (χ3n) is 3.63. The predicted octanol–water partition coefficient (Wildman–Crippen LogP) is 1.34. The first kappa shape index (κ1) is 13.1. The van der Waals surface area contributed by atoms with Gasteiger partial charge in [-0.15, -0.1) is 0 Å². The number of likely N-dealkylation sites (tertiary alicyclic amines) is 1. The van der Waals surface area contributed by atoms with Gasteiger partial charge in [0.15, 0.2) is 0 Å². The average molecular weight is 248 g/mol. The molecule has 1 aromatic carbocycles. The number of ether oxygens (including phenoxy) is 1. The second kappa shape index (κ2) is 6.55. The van der Waals surface area contributed by atoms with Crippen LogP contribution in [-0.4, -0.2) is 32.5 Å². The molecule has 1 N–H and O–H groups in total. The molecule has 1 saturated heterocycles. The van der Waals surface area contributed by atoms with Crippen molar-refractivity contribution in [1.29, 1.82) is 0 Å². The van der Waals surface area contributed by atoms with E-state index in [-0.39, 0.29) is 5.78 Å². The Morgan fingerprint density at radius 3 is 2.28 bits per heavy atom. The zero-order valence-corrected chi connectivity index (χ0v) is 11.1. The molecule has 0 amide bonds. The van der Waals surface area contributed by atoms with E-state index in [1.165, 1.54) is 30.6 Å². The monoisotopic (exact) mass is 248 g/mol. The van der Waals surface area contributed by atoms with E-state index in [2.05, 4.69) is 0 Å². The lowest BCUT2D eigenvalue weighted by atomic mass is 10.1. The Bertz CT molecular complexity index is 378. The van der Waals surface area contributed by atoms with Crippen molar-refractivity contribution >= 4 is 5.78 Å². The van der Waals surface area contributed by atoms with Crippen molar-refractivity contribution in [3.05, 3.63) is 29.8 Å². The fraction of sp³-hybridized carbons (Fsp3) is 0.533. The Morgan fingerprint density at radius 2 is 1.72 bits per heavy atom. The standard InChI is InChI=1S/C15H21NO2/c1-18-14-8-6-13(7-9-14)15(17)12-16-10-4-2-3-5-11-16/h6-9H,2-5,10-12H2,1H3/p+1. The Labute approximate surface area is 109 Å². The molecule has 1 aliphatic heterocycles. The number of carbonyl (C=O) groups is 1. The van der Waals surface area contributed by atoms with E-state index in [9.17, 15) is 4.79 Å². The van der Waals surface area contributed by atoms with Gasteiger partial charge in [0.1, 0.15) is 12.3 Å². The van der Waals surface area contributed by atoms with E-state index >= 15 is 0 Å². The van der Waals surface area contributed by atoms with Crippen LogP contribution >= 0.6 is 0 Å². The molecular formula is C15H22NO2+. The second-order valence-electron chi connectivity index (χ2n) is 4.99. The van der Waals surface area contributed by atoms with Gasteiger partial charge in [-0.05, 0) is 49.9 Å². The summed E-state index contributed by atoms with van der Waals surface area (Å²) in [6.07, 6.45) is 5.15. The molecule has 1 fully saturated rings. The van der Waals surface area contributed by atoms with Crippen molar-refractivity contribution in [2.45, 2.75) is 25.7 Å². The van der Waals surface area contributed by atoms with Gasteiger partial charge >= 0.3 is 0 Å². The summed E-state index contributed by atoms with van der Waals surface area (Å²) in [7, 11) is 1.64. The quantitative estimate of drug-likeness (QED) is 0.815. The van der Waals surface area contributed by atoms with Crippen LogP contribution in [0.3, 0.4) is 0 Å². The van der Waals surface area contributed by atoms with Crippen LogP contribution in [-0.2, 0) is 0 Å². The zero-order chi connectivity index (χ0) is 12.8. The zero-order valence-electron chi connectivity index (χ0n) is 11.1. The predicted molar refractivity (Wildman–Crippen MR) is 71.4 cm³/mol. The molecular weight excluding hydrogens is 226 g/mol. The molecule has 0 aliphatic carbocycles. The van der Waals surface area contributed by atoms with Gasteiger partial charge in [0.2, 0.25) is 5.78 Å². The number of methoxy groups -OCH3 is 1. The van der Waals surface area contributed by atoms with Gasteiger partial charge in [0, 0.05) is 5.56 Å². The summed E-state index contributed by atoms with van der Waals surface area (Å²) in [4.78, 5) is 13.6. The molecule has 0 bridgehead atoms. The maximum absolute atomic E-state index is 12.2. The van der Waals surface area contributed by atoms with Crippen LogP contribution in [0.2, 0.25) is 0 Å². The van der Waals surface area contributed by atoms with E-state index in [0.29, 0.717) is 6.54 Å². The van der Waals surface area contributed by atoms with Gasteiger partial charge in [-0.25, -0.2) is 0 Å². The Kier molecular flexibility index (Phi) is 4.76. The number of rotatable bonds is 4. The summed E-state index contributed by atoms with van der Waals surface area (Å²) in [6, 6.07) is 7.42. The largest absolute Gasteiger partial charge is 0.497 e. The van der Waals surface area contributed by atoms with Crippen molar-refractivity contribution in [3.63, 3.8) is 0 Å². The number of hydrogen-bond acceptors (Lipinski definition) is 2. The molecule has 0 spiro atoms. The minimum atomic E-state index is 0.245. The van der Waals surface area contributed by atoms with Gasteiger partial charge in [0.25, 0.3) is 0 Å². The molecule has 98 valence electrons. The van der Waals surface area contributed by atoms with Crippen molar-refractivity contribution in [2.75, 3.05) is 26.7 Å². The smallest absolute Gasteiger partial charge is 0.216 e. The fourth-order valence-electron chi connectivity index (χ4n) is 2.51. The first-order valence-corrected chi connectivity index (χ1v) is 6.80. The highest BCUT2D eigenvalue weighted by atomic mass is 16.5. The third kappa shape index (κ3) is 3.57. The number of carbonyl (C=O) groups excluding carboxylic acids is 1. The molecule has 1 aromatic rings. The Hall–Kier alpha value is -1.35. The normalized spacial score (nSPS) is 17.2. The minimum Gasteiger partial charge on any atom is -0.497 e.